The van der Waals surface area contributed by atoms with Crippen LogP contribution in [0.5, 0.6) is 5.75 Å². The van der Waals surface area contributed by atoms with Crippen molar-refractivity contribution < 1.29 is 5.11 Å². The lowest BCUT2D eigenvalue weighted by molar-refractivity contribution is 0.375. The van der Waals surface area contributed by atoms with Gasteiger partial charge in [0.05, 0.1) is 0 Å². The van der Waals surface area contributed by atoms with Crippen LogP contribution in [0.15, 0.2) is 24.3 Å². The van der Waals surface area contributed by atoms with Crippen LogP contribution in [-0.4, -0.2) is 5.11 Å². The Morgan fingerprint density at radius 1 is 1.00 bits per heavy atom. The molecule has 1 N–H and O–H groups in total. The highest BCUT2D eigenvalue weighted by atomic mass is 16.3. The lowest BCUT2D eigenvalue weighted by Gasteiger charge is -2.16. The monoisotopic (exact) mass is 234 g/mol. The summed E-state index contributed by atoms with van der Waals surface area (Å²) in [5, 5.41) is 9.21. The molecule has 17 heavy (non-hydrogen) atoms. The predicted molar refractivity (Wildman–Crippen MR) is 74.3 cm³/mol. The van der Waals surface area contributed by atoms with E-state index in [1.165, 1.54) is 31.2 Å². The van der Waals surface area contributed by atoms with Gasteiger partial charge in [0.1, 0.15) is 5.75 Å². The van der Waals surface area contributed by atoms with E-state index < -0.39 is 0 Å². The topological polar surface area (TPSA) is 20.2 Å². The van der Waals surface area contributed by atoms with Crippen LogP contribution in [0, 0.1) is 11.8 Å². The summed E-state index contributed by atoms with van der Waals surface area (Å²) in [7, 11) is 0. The van der Waals surface area contributed by atoms with Crippen LogP contribution in [0.2, 0.25) is 0 Å². The number of hydrogen-bond donors (Lipinski definition) is 1. The standard InChI is InChI=1S/C16H26O/c1-4-5-13(2)12-14(3)6-7-15-8-10-16(17)11-9-15/h8-11,13-14,17H,4-7,12H2,1-3H3. The Labute approximate surface area is 106 Å². The molecule has 0 bridgehead atoms. The minimum absolute atomic E-state index is 0.360. The van der Waals surface area contributed by atoms with E-state index in [2.05, 4.69) is 20.8 Å². The Morgan fingerprint density at radius 3 is 2.18 bits per heavy atom. The van der Waals surface area contributed by atoms with E-state index in [-0.39, 0.29) is 0 Å². The Morgan fingerprint density at radius 2 is 1.59 bits per heavy atom. The lowest BCUT2D eigenvalue weighted by Crippen LogP contribution is -2.04. The van der Waals surface area contributed by atoms with E-state index in [0.29, 0.717) is 5.75 Å². The summed E-state index contributed by atoms with van der Waals surface area (Å²) in [6, 6.07) is 7.61. The van der Waals surface area contributed by atoms with Gasteiger partial charge in [0.25, 0.3) is 0 Å². The number of aromatic hydroxyl groups is 1. The van der Waals surface area contributed by atoms with Crippen LogP contribution in [0.1, 0.15) is 52.0 Å². The van der Waals surface area contributed by atoms with Crippen molar-refractivity contribution >= 4 is 0 Å². The number of phenols is 1. The number of aryl methyl sites for hydroxylation is 1. The zero-order valence-electron chi connectivity index (χ0n) is 11.4. The van der Waals surface area contributed by atoms with Crippen molar-refractivity contribution in [3.63, 3.8) is 0 Å². The molecule has 1 aromatic rings. The fraction of sp³-hybridized carbons (Fsp3) is 0.625. The van der Waals surface area contributed by atoms with Crippen LogP contribution in [0.3, 0.4) is 0 Å². The molecule has 0 spiro atoms. The first-order chi connectivity index (χ1) is 8.11. The summed E-state index contributed by atoms with van der Waals surface area (Å²) in [4.78, 5) is 0. The van der Waals surface area contributed by atoms with Gasteiger partial charge >= 0.3 is 0 Å². The smallest absolute Gasteiger partial charge is 0.115 e. The van der Waals surface area contributed by atoms with Gasteiger partial charge in [-0.15, -0.1) is 0 Å². The van der Waals surface area contributed by atoms with Crippen LogP contribution >= 0.6 is 0 Å². The maximum atomic E-state index is 9.21. The lowest BCUT2D eigenvalue weighted by atomic mass is 9.90. The first-order valence-corrected chi connectivity index (χ1v) is 6.89. The van der Waals surface area contributed by atoms with Gasteiger partial charge in [0, 0.05) is 0 Å². The van der Waals surface area contributed by atoms with Crippen molar-refractivity contribution in [2.24, 2.45) is 11.8 Å². The summed E-state index contributed by atoms with van der Waals surface area (Å²) in [6.45, 7) is 6.98. The molecule has 2 atom stereocenters. The minimum Gasteiger partial charge on any atom is -0.508 e. The van der Waals surface area contributed by atoms with Crippen LogP contribution in [-0.2, 0) is 6.42 Å². The highest BCUT2D eigenvalue weighted by Gasteiger charge is 2.08. The second-order valence-electron chi connectivity index (χ2n) is 5.44. The van der Waals surface area contributed by atoms with Crippen molar-refractivity contribution in [2.45, 2.75) is 52.9 Å². The van der Waals surface area contributed by atoms with Crippen molar-refractivity contribution in [1.29, 1.82) is 0 Å². The summed E-state index contributed by atoms with van der Waals surface area (Å²) >= 11 is 0. The molecule has 0 saturated carbocycles. The average molecular weight is 234 g/mol. The minimum atomic E-state index is 0.360. The number of rotatable bonds is 7. The number of benzene rings is 1. The normalized spacial score (nSPS) is 14.5. The van der Waals surface area contributed by atoms with E-state index in [1.54, 1.807) is 12.1 Å². The molecule has 0 aliphatic heterocycles. The maximum absolute atomic E-state index is 9.21. The molecule has 2 unspecified atom stereocenters. The predicted octanol–water partition coefficient (Wildman–Crippen LogP) is 4.79. The number of hydrogen-bond acceptors (Lipinski definition) is 1. The van der Waals surface area contributed by atoms with Gasteiger partial charge < -0.3 is 5.11 Å². The summed E-state index contributed by atoms with van der Waals surface area (Å²) < 4.78 is 0. The summed E-state index contributed by atoms with van der Waals surface area (Å²) in [5.74, 6) is 2.01. The first-order valence-electron chi connectivity index (χ1n) is 6.89. The molecule has 0 radical (unpaired) electrons. The summed E-state index contributed by atoms with van der Waals surface area (Å²) in [6.07, 6.45) is 6.36. The molecule has 0 aliphatic carbocycles. The van der Waals surface area contributed by atoms with Gasteiger partial charge in [-0.2, -0.15) is 0 Å². The summed E-state index contributed by atoms with van der Waals surface area (Å²) in [5.41, 5.74) is 1.33. The molecule has 0 amide bonds. The fourth-order valence-electron chi connectivity index (χ4n) is 2.49. The molecule has 0 aromatic heterocycles. The largest absolute Gasteiger partial charge is 0.508 e. The molecule has 1 aromatic carbocycles. The zero-order valence-corrected chi connectivity index (χ0v) is 11.4. The SMILES string of the molecule is CCCC(C)CC(C)CCc1ccc(O)cc1. The quantitative estimate of drug-likeness (QED) is 0.719. The van der Waals surface area contributed by atoms with Gasteiger partial charge in [0.15, 0.2) is 0 Å². The molecule has 1 heteroatoms. The van der Waals surface area contributed by atoms with E-state index in [9.17, 15) is 5.11 Å². The van der Waals surface area contributed by atoms with Crippen molar-refractivity contribution in [3.8, 4) is 5.75 Å². The molecule has 0 fully saturated rings. The third-order valence-electron chi connectivity index (χ3n) is 3.45. The van der Waals surface area contributed by atoms with Crippen LogP contribution < -0.4 is 0 Å². The second kappa shape index (κ2) is 7.37. The van der Waals surface area contributed by atoms with Crippen molar-refractivity contribution in [3.05, 3.63) is 29.8 Å². The Bertz CT molecular complexity index is 302. The van der Waals surface area contributed by atoms with Gasteiger partial charge in [-0.25, -0.2) is 0 Å². The molecular formula is C16H26O. The average Bonchev–Trinajstić information content (AvgIpc) is 2.28. The molecular weight excluding hydrogens is 208 g/mol. The highest BCUT2D eigenvalue weighted by Crippen LogP contribution is 2.21. The van der Waals surface area contributed by atoms with Gasteiger partial charge in [-0.1, -0.05) is 45.7 Å². The van der Waals surface area contributed by atoms with Gasteiger partial charge in [-0.3, -0.25) is 0 Å². The van der Waals surface area contributed by atoms with Crippen LogP contribution in [0.25, 0.3) is 0 Å². The Kier molecular flexibility index (Phi) is 6.10. The second-order valence-corrected chi connectivity index (χ2v) is 5.44. The van der Waals surface area contributed by atoms with E-state index in [4.69, 9.17) is 0 Å². The van der Waals surface area contributed by atoms with E-state index in [0.717, 1.165) is 18.3 Å². The van der Waals surface area contributed by atoms with E-state index >= 15 is 0 Å². The molecule has 1 rings (SSSR count). The maximum Gasteiger partial charge on any atom is 0.115 e. The molecule has 96 valence electrons. The van der Waals surface area contributed by atoms with Crippen LogP contribution in [0.4, 0.5) is 0 Å². The third-order valence-corrected chi connectivity index (χ3v) is 3.45. The zero-order chi connectivity index (χ0) is 12.7. The Hall–Kier alpha value is -0.980. The Balaban J connectivity index is 2.27. The fourth-order valence-corrected chi connectivity index (χ4v) is 2.49. The number of phenolic OH excluding ortho intramolecular Hbond substituents is 1. The van der Waals surface area contributed by atoms with Crippen molar-refractivity contribution in [1.82, 2.24) is 0 Å². The van der Waals surface area contributed by atoms with E-state index in [1.807, 2.05) is 12.1 Å². The molecule has 1 nitrogen and oxygen atoms in total. The molecule has 0 aliphatic rings. The first kappa shape index (κ1) is 14.1. The molecule has 0 heterocycles. The molecule has 0 saturated heterocycles. The third kappa shape index (κ3) is 5.76. The van der Waals surface area contributed by atoms with Gasteiger partial charge in [-0.05, 0) is 48.8 Å². The highest BCUT2D eigenvalue weighted by molar-refractivity contribution is 5.25. The van der Waals surface area contributed by atoms with Crippen molar-refractivity contribution in [2.75, 3.05) is 0 Å². The van der Waals surface area contributed by atoms with Gasteiger partial charge in [0.2, 0.25) is 0 Å².